The van der Waals surface area contributed by atoms with Crippen molar-refractivity contribution in [1.29, 1.82) is 0 Å². The van der Waals surface area contributed by atoms with Crippen LogP contribution in [0.2, 0.25) is 0 Å². The van der Waals surface area contributed by atoms with E-state index in [4.69, 9.17) is 14.2 Å². The van der Waals surface area contributed by atoms with E-state index in [0.717, 1.165) is 10.0 Å². The Balaban J connectivity index is 1.90. The molecule has 27 heavy (non-hydrogen) atoms. The van der Waals surface area contributed by atoms with Crippen LogP contribution < -0.4 is 4.74 Å². The Labute approximate surface area is 166 Å². The molecule has 0 spiro atoms. The third-order valence-corrected chi connectivity index (χ3v) is 5.02. The number of ether oxygens (including phenoxy) is 3. The molecule has 5 nitrogen and oxygen atoms in total. The van der Waals surface area contributed by atoms with Crippen LogP contribution in [-0.2, 0) is 25.5 Å². The Morgan fingerprint density at radius 3 is 2.33 bits per heavy atom. The van der Waals surface area contributed by atoms with Gasteiger partial charge in [0, 0.05) is 10.0 Å². The van der Waals surface area contributed by atoms with Gasteiger partial charge in [-0.1, -0.05) is 28.1 Å². The van der Waals surface area contributed by atoms with Gasteiger partial charge in [0.15, 0.2) is 0 Å². The third-order valence-electron chi connectivity index (χ3n) is 4.49. The zero-order chi connectivity index (χ0) is 19.4. The van der Waals surface area contributed by atoms with E-state index in [-0.39, 0.29) is 0 Å². The molecule has 0 saturated heterocycles. The largest absolute Gasteiger partial charge is 0.497 e. The van der Waals surface area contributed by atoms with Crippen LogP contribution in [-0.4, -0.2) is 26.2 Å². The maximum absolute atomic E-state index is 12.7. The first-order valence-corrected chi connectivity index (χ1v) is 9.21. The SMILES string of the molecule is COC(=O)[C@@H]1C=C(c2ccc(OC)cc2)OC(=O)[C@@H]1Cc1ccc(Br)cc1. The van der Waals surface area contributed by atoms with Gasteiger partial charge in [-0.2, -0.15) is 0 Å². The van der Waals surface area contributed by atoms with Crippen molar-refractivity contribution in [1.82, 2.24) is 0 Å². The lowest BCUT2D eigenvalue weighted by molar-refractivity contribution is -0.155. The van der Waals surface area contributed by atoms with Gasteiger partial charge in [0.25, 0.3) is 0 Å². The summed E-state index contributed by atoms with van der Waals surface area (Å²) in [6.07, 6.45) is 2.05. The van der Waals surface area contributed by atoms with Gasteiger partial charge < -0.3 is 14.2 Å². The number of rotatable bonds is 5. The summed E-state index contributed by atoms with van der Waals surface area (Å²) in [6, 6.07) is 14.7. The highest BCUT2D eigenvalue weighted by Gasteiger charge is 2.39. The van der Waals surface area contributed by atoms with Crippen LogP contribution in [0.3, 0.4) is 0 Å². The van der Waals surface area contributed by atoms with E-state index in [2.05, 4.69) is 15.9 Å². The molecule has 1 aliphatic heterocycles. The van der Waals surface area contributed by atoms with E-state index in [1.54, 1.807) is 37.5 Å². The predicted octanol–water partition coefficient (Wildman–Crippen LogP) is 4.00. The van der Waals surface area contributed by atoms with E-state index in [9.17, 15) is 9.59 Å². The second-order valence-electron chi connectivity index (χ2n) is 6.17. The second kappa shape index (κ2) is 8.39. The molecular weight excluding hydrogens is 412 g/mol. The molecule has 3 rings (SSSR count). The number of methoxy groups -OCH3 is 2. The van der Waals surface area contributed by atoms with Gasteiger partial charge >= 0.3 is 11.9 Å². The molecular formula is C21H19BrO5. The number of carbonyl (C=O) groups excluding carboxylic acids is 2. The van der Waals surface area contributed by atoms with Crippen molar-refractivity contribution in [2.45, 2.75) is 6.42 Å². The fraction of sp³-hybridized carbons (Fsp3) is 0.238. The number of carbonyl (C=O) groups is 2. The monoisotopic (exact) mass is 430 g/mol. The molecule has 0 aliphatic carbocycles. The molecule has 0 saturated carbocycles. The molecule has 1 heterocycles. The first-order chi connectivity index (χ1) is 13.0. The number of benzene rings is 2. The first kappa shape index (κ1) is 19.2. The highest BCUT2D eigenvalue weighted by Crippen LogP contribution is 2.33. The maximum Gasteiger partial charge on any atom is 0.315 e. The smallest absolute Gasteiger partial charge is 0.315 e. The van der Waals surface area contributed by atoms with Crippen molar-refractivity contribution >= 4 is 33.6 Å². The standard InChI is InChI=1S/C21H19BrO5/c1-25-16-9-5-14(6-10-16)19-12-18(20(23)26-2)17(21(24)27-19)11-13-3-7-15(22)8-4-13/h3-10,12,17-18H,11H2,1-2H3/t17-,18-/m1/s1. The van der Waals surface area contributed by atoms with Crippen molar-refractivity contribution < 1.29 is 23.8 Å². The van der Waals surface area contributed by atoms with Crippen LogP contribution >= 0.6 is 15.9 Å². The molecule has 0 aromatic heterocycles. The van der Waals surface area contributed by atoms with E-state index in [0.29, 0.717) is 23.5 Å². The van der Waals surface area contributed by atoms with Crippen LogP contribution in [0.1, 0.15) is 11.1 Å². The normalized spacial score (nSPS) is 19.1. The summed E-state index contributed by atoms with van der Waals surface area (Å²) in [7, 11) is 2.90. The van der Waals surface area contributed by atoms with Crippen LogP contribution in [0, 0.1) is 11.8 Å². The van der Waals surface area contributed by atoms with E-state index >= 15 is 0 Å². The van der Waals surface area contributed by atoms with Crippen LogP contribution in [0.15, 0.2) is 59.1 Å². The molecule has 0 fully saturated rings. The Morgan fingerprint density at radius 1 is 1.07 bits per heavy atom. The summed E-state index contributed by atoms with van der Waals surface area (Å²) >= 11 is 3.39. The predicted molar refractivity (Wildman–Crippen MR) is 104 cm³/mol. The van der Waals surface area contributed by atoms with Gasteiger partial charge in [-0.3, -0.25) is 9.59 Å². The van der Waals surface area contributed by atoms with E-state index in [1.807, 2.05) is 24.3 Å². The fourth-order valence-corrected chi connectivity index (χ4v) is 3.27. The minimum Gasteiger partial charge on any atom is -0.497 e. The van der Waals surface area contributed by atoms with Gasteiger partial charge in [0.05, 0.1) is 26.1 Å². The second-order valence-corrected chi connectivity index (χ2v) is 7.08. The first-order valence-electron chi connectivity index (χ1n) is 8.42. The molecule has 0 amide bonds. The Bertz CT molecular complexity index is 855. The average Bonchev–Trinajstić information content (AvgIpc) is 2.70. The minimum atomic E-state index is -0.711. The van der Waals surface area contributed by atoms with Crippen LogP contribution in [0.25, 0.3) is 5.76 Å². The lowest BCUT2D eigenvalue weighted by atomic mass is 9.84. The number of halogens is 1. The van der Waals surface area contributed by atoms with Gasteiger partial charge in [-0.25, -0.2) is 0 Å². The van der Waals surface area contributed by atoms with Crippen LogP contribution in [0.4, 0.5) is 0 Å². The number of hydrogen-bond acceptors (Lipinski definition) is 5. The lowest BCUT2D eigenvalue weighted by Crippen LogP contribution is -2.35. The van der Waals surface area contributed by atoms with Crippen LogP contribution in [0.5, 0.6) is 5.75 Å². The number of hydrogen-bond donors (Lipinski definition) is 0. The van der Waals surface area contributed by atoms with Crippen molar-refractivity contribution in [2.24, 2.45) is 11.8 Å². The molecule has 1 aliphatic rings. The summed E-state index contributed by atoms with van der Waals surface area (Å²) in [5.41, 5.74) is 1.63. The molecule has 0 radical (unpaired) electrons. The highest BCUT2D eigenvalue weighted by atomic mass is 79.9. The fourth-order valence-electron chi connectivity index (χ4n) is 3.01. The molecule has 2 aromatic carbocycles. The summed E-state index contributed by atoms with van der Waals surface area (Å²) in [4.78, 5) is 25.0. The molecule has 0 bridgehead atoms. The van der Waals surface area contributed by atoms with E-state index < -0.39 is 23.8 Å². The number of esters is 2. The summed E-state index contributed by atoms with van der Waals surface area (Å²) in [5, 5.41) is 0. The topological polar surface area (TPSA) is 61.8 Å². The van der Waals surface area contributed by atoms with Gasteiger partial charge in [-0.15, -0.1) is 0 Å². The van der Waals surface area contributed by atoms with Gasteiger partial charge in [-0.05, 0) is 54.5 Å². The Hall–Kier alpha value is -2.60. The van der Waals surface area contributed by atoms with Crippen molar-refractivity contribution in [3.8, 4) is 5.75 Å². The van der Waals surface area contributed by atoms with E-state index in [1.165, 1.54) is 7.11 Å². The summed E-state index contributed by atoms with van der Waals surface area (Å²) in [5.74, 6) is -1.21. The molecule has 0 N–H and O–H groups in total. The van der Waals surface area contributed by atoms with Gasteiger partial charge in [0.1, 0.15) is 11.5 Å². The highest BCUT2D eigenvalue weighted by molar-refractivity contribution is 9.10. The van der Waals surface area contributed by atoms with Crippen molar-refractivity contribution in [3.05, 3.63) is 70.2 Å². The quantitative estimate of drug-likeness (QED) is 0.670. The average molecular weight is 431 g/mol. The third kappa shape index (κ3) is 4.39. The Morgan fingerprint density at radius 2 is 1.74 bits per heavy atom. The Kier molecular flexibility index (Phi) is 5.96. The summed E-state index contributed by atoms with van der Waals surface area (Å²) < 4.78 is 16.6. The summed E-state index contributed by atoms with van der Waals surface area (Å²) in [6.45, 7) is 0. The molecule has 0 unspecified atom stereocenters. The maximum atomic E-state index is 12.7. The molecule has 2 aromatic rings. The zero-order valence-electron chi connectivity index (χ0n) is 15.0. The van der Waals surface area contributed by atoms with Gasteiger partial charge in [0.2, 0.25) is 0 Å². The lowest BCUT2D eigenvalue weighted by Gasteiger charge is -2.27. The molecule has 2 atom stereocenters. The zero-order valence-corrected chi connectivity index (χ0v) is 16.6. The van der Waals surface area contributed by atoms with Crippen molar-refractivity contribution in [2.75, 3.05) is 14.2 Å². The van der Waals surface area contributed by atoms with Crippen molar-refractivity contribution in [3.63, 3.8) is 0 Å². The molecule has 6 heteroatoms. The molecule has 140 valence electrons. The minimum absolute atomic E-state index is 0.352. The number of cyclic esters (lactones) is 1.